The van der Waals surface area contributed by atoms with Crippen LogP contribution in [-0.2, 0) is 6.42 Å². The number of nitrogens with one attached hydrogen (secondary N) is 1. The van der Waals surface area contributed by atoms with E-state index in [1.807, 2.05) is 25.2 Å². The molecule has 0 fully saturated rings. The molecule has 2 aromatic rings. The van der Waals surface area contributed by atoms with Gasteiger partial charge in [-0.2, -0.15) is 0 Å². The molecule has 0 aliphatic rings. The molecule has 0 aliphatic heterocycles. The largest absolute Gasteiger partial charge is 0.496 e. The number of hydrogen-bond donors (Lipinski definition) is 1. The fraction of sp³-hybridized carbons (Fsp3) is 0.250. The molecule has 2 nitrogen and oxygen atoms in total. The average Bonchev–Trinajstić information content (AvgIpc) is 2.46. The fourth-order valence-corrected chi connectivity index (χ4v) is 3.22. The third kappa shape index (κ3) is 3.62. The van der Waals surface area contributed by atoms with Crippen LogP contribution >= 0.6 is 31.9 Å². The summed E-state index contributed by atoms with van der Waals surface area (Å²) in [6.45, 7) is 0. The Morgan fingerprint density at radius 2 is 1.90 bits per heavy atom. The Kier molecular flexibility index (Phi) is 5.64. The molecule has 1 N–H and O–H groups in total. The van der Waals surface area contributed by atoms with Crippen LogP contribution in [0.3, 0.4) is 0 Å². The predicted molar refractivity (Wildman–Crippen MR) is 90.3 cm³/mol. The highest BCUT2D eigenvalue weighted by molar-refractivity contribution is 9.10. The van der Waals surface area contributed by atoms with Gasteiger partial charge in [0.2, 0.25) is 0 Å². The standard InChI is InChI=1S/C16H17Br2NO/c1-19-15(13-5-3-4-6-14(13)18)10-11-9-12(17)7-8-16(11)20-2/h3-9,15,19H,10H2,1-2H3. The lowest BCUT2D eigenvalue weighted by atomic mass is 9.98. The number of rotatable bonds is 5. The van der Waals surface area contributed by atoms with Gasteiger partial charge in [0, 0.05) is 15.0 Å². The molecule has 2 aromatic carbocycles. The van der Waals surface area contributed by atoms with Crippen molar-refractivity contribution < 1.29 is 4.74 Å². The van der Waals surface area contributed by atoms with Crippen LogP contribution < -0.4 is 10.1 Å². The summed E-state index contributed by atoms with van der Waals surface area (Å²) in [5.41, 5.74) is 2.43. The zero-order chi connectivity index (χ0) is 14.5. The molecule has 106 valence electrons. The highest BCUT2D eigenvalue weighted by atomic mass is 79.9. The van der Waals surface area contributed by atoms with E-state index in [1.165, 1.54) is 11.1 Å². The van der Waals surface area contributed by atoms with Crippen LogP contribution in [0.2, 0.25) is 0 Å². The van der Waals surface area contributed by atoms with Gasteiger partial charge in [0.05, 0.1) is 7.11 Å². The van der Waals surface area contributed by atoms with Crippen LogP contribution in [0.5, 0.6) is 5.75 Å². The second kappa shape index (κ2) is 7.25. The van der Waals surface area contributed by atoms with Gasteiger partial charge in [0.15, 0.2) is 0 Å². The van der Waals surface area contributed by atoms with E-state index in [2.05, 4.69) is 61.4 Å². The lowest BCUT2D eigenvalue weighted by Crippen LogP contribution is -2.19. The third-order valence-corrected chi connectivity index (χ3v) is 4.51. The minimum Gasteiger partial charge on any atom is -0.496 e. The summed E-state index contributed by atoms with van der Waals surface area (Å²) in [5, 5.41) is 3.38. The molecule has 0 saturated carbocycles. The Labute approximate surface area is 136 Å². The van der Waals surface area contributed by atoms with Gasteiger partial charge in [0.1, 0.15) is 5.75 Å². The molecule has 0 aliphatic carbocycles. The third-order valence-electron chi connectivity index (χ3n) is 3.30. The van der Waals surface area contributed by atoms with Gasteiger partial charge in [-0.3, -0.25) is 0 Å². The monoisotopic (exact) mass is 397 g/mol. The van der Waals surface area contributed by atoms with Crippen molar-refractivity contribution in [2.24, 2.45) is 0 Å². The van der Waals surface area contributed by atoms with Crippen LogP contribution in [0.15, 0.2) is 51.4 Å². The zero-order valence-electron chi connectivity index (χ0n) is 11.5. The summed E-state index contributed by atoms with van der Waals surface area (Å²) in [7, 11) is 3.69. The van der Waals surface area contributed by atoms with Crippen molar-refractivity contribution in [2.45, 2.75) is 12.5 Å². The van der Waals surface area contributed by atoms with E-state index < -0.39 is 0 Å². The van der Waals surface area contributed by atoms with Crippen molar-refractivity contribution >= 4 is 31.9 Å². The summed E-state index contributed by atoms with van der Waals surface area (Å²) in [4.78, 5) is 0. The molecule has 4 heteroatoms. The Bertz CT molecular complexity index is 586. The van der Waals surface area contributed by atoms with Gasteiger partial charge in [-0.05, 0) is 48.9 Å². The first-order valence-electron chi connectivity index (χ1n) is 6.39. The number of ether oxygens (including phenoxy) is 1. The SMILES string of the molecule is CNC(Cc1cc(Br)ccc1OC)c1ccccc1Br. The van der Waals surface area contributed by atoms with Crippen molar-refractivity contribution in [3.05, 3.63) is 62.5 Å². The Morgan fingerprint density at radius 1 is 1.15 bits per heavy atom. The highest BCUT2D eigenvalue weighted by Crippen LogP contribution is 2.30. The molecular weight excluding hydrogens is 382 g/mol. The quantitative estimate of drug-likeness (QED) is 0.786. The van der Waals surface area contributed by atoms with E-state index >= 15 is 0 Å². The van der Waals surface area contributed by atoms with Crippen LogP contribution in [-0.4, -0.2) is 14.2 Å². The summed E-state index contributed by atoms with van der Waals surface area (Å²) in [6, 6.07) is 14.6. The van der Waals surface area contributed by atoms with Gasteiger partial charge >= 0.3 is 0 Å². The average molecular weight is 399 g/mol. The van der Waals surface area contributed by atoms with E-state index in [-0.39, 0.29) is 6.04 Å². The summed E-state index contributed by atoms with van der Waals surface area (Å²) in [5.74, 6) is 0.917. The molecule has 20 heavy (non-hydrogen) atoms. The van der Waals surface area contributed by atoms with Gasteiger partial charge in [-0.1, -0.05) is 50.1 Å². The number of likely N-dealkylation sites (N-methyl/N-ethyl adjacent to an activating group) is 1. The summed E-state index contributed by atoms with van der Waals surface area (Å²) < 4.78 is 7.64. The lowest BCUT2D eigenvalue weighted by molar-refractivity contribution is 0.406. The van der Waals surface area contributed by atoms with E-state index in [0.717, 1.165) is 21.1 Å². The van der Waals surface area contributed by atoms with Crippen molar-refractivity contribution in [1.82, 2.24) is 5.32 Å². The summed E-state index contributed by atoms with van der Waals surface area (Å²) >= 11 is 7.14. The molecule has 2 rings (SSSR count). The van der Waals surface area contributed by atoms with Gasteiger partial charge in [-0.25, -0.2) is 0 Å². The molecule has 1 unspecified atom stereocenters. The Balaban J connectivity index is 2.31. The Hall–Kier alpha value is -0.840. The predicted octanol–water partition coefficient (Wildman–Crippen LogP) is 4.72. The maximum Gasteiger partial charge on any atom is 0.122 e. The minimum atomic E-state index is 0.230. The topological polar surface area (TPSA) is 21.3 Å². The number of hydrogen-bond acceptors (Lipinski definition) is 2. The first kappa shape index (κ1) is 15.5. The van der Waals surface area contributed by atoms with Crippen LogP contribution in [0.25, 0.3) is 0 Å². The van der Waals surface area contributed by atoms with Crippen LogP contribution in [0.1, 0.15) is 17.2 Å². The summed E-state index contributed by atoms with van der Waals surface area (Å²) in [6.07, 6.45) is 0.863. The van der Waals surface area contributed by atoms with Gasteiger partial charge in [-0.15, -0.1) is 0 Å². The molecule has 1 atom stereocenters. The van der Waals surface area contributed by atoms with Crippen molar-refractivity contribution in [2.75, 3.05) is 14.2 Å². The van der Waals surface area contributed by atoms with E-state index in [4.69, 9.17) is 4.74 Å². The van der Waals surface area contributed by atoms with Crippen molar-refractivity contribution in [3.63, 3.8) is 0 Å². The minimum absolute atomic E-state index is 0.230. The second-order valence-electron chi connectivity index (χ2n) is 4.52. The van der Waals surface area contributed by atoms with Crippen LogP contribution in [0.4, 0.5) is 0 Å². The van der Waals surface area contributed by atoms with Gasteiger partial charge in [0.25, 0.3) is 0 Å². The van der Waals surface area contributed by atoms with Crippen molar-refractivity contribution in [1.29, 1.82) is 0 Å². The van der Waals surface area contributed by atoms with Crippen molar-refractivity contribution in [3.8, 4) is 5.75 Å². The fourth-order valence-electron chi connectivity index (χ4n) is 2.25. The van der Waals surface area contributed by atoms with E-state index in [9.17, 15) is 0 Å². The lowest BCUT2D eigenvalue weighted by Gasteiger charge is -2.20. The number of halogens is 2. The molecule has 0 saturated heterocycles. The molecule has 0 radical (unpaired) electrons. The zero-order valence-corrected chi connectivity index (χ0v) is 14.7. The molecule has 0 amide bonds. The normalized spacial score (nSPS) is 12.2. The molecule has 0 heterocycles. The molecule has 0 spiro atoms. The smallest absolute Gasteiger partial charge is 0.122 e. The maximum absolute atomic E-state index is 5.45. The number of methoxy groups -OCH3 is 1. The molecule has 0 aromatic heterocycles. The first-order chi connectivity index (χ1) is 9.65. The van der Waals surface area contributed by atoms with Crippen LogP contribution in [0, 0.1) is 0 Å². The Morgan fingerprint density at radius 3 is 2.55 bits per heavy atom. The maximum atomic E-state index is 5.45. The molecular formula is C16H17Br2NO. The first-order valence-corrected chi connectivity index (χ1v) is 7.98. The van der Waals surface area contributed by atoms with E-state index in [0.29, 0.717) is 0 Å². The number of benzene rings is 2. The second-order valence-corrected chi connectivity index (χ2v) is 6.29. The molecule has 0 bridgehead atoms. The van der Waals surface area contributed by atoms with Gasteiger partial charge < -0.3 is 10.1 Å². The highest BCUT2D eigenvalue weighted by Gasteiger charge is 2.15. The van der Waals surface area contributed by atoms with E-state index in [1.54, 1.807) is 7.11 Å².